The van der Waals surface area contributed by atoms with E-state index in [1.165, 1.54) is 0 Å². The smallest absolute Gasteiger partial charge is 0.0793 e. The lowest BCUT2D eigenvalue weighted by Crippen LogP contribution is -2.51. The van der Waals surface area contributed by atoms with Gasteiger partial charge in [-0.1, -0.05) is 13.8 Å². The molecular formula is C7H15NO. The first-order valence-electron chi connectivity index (χ1n) is 3.59. The molecule has 0 aromatic heterocycles. The zero-order valence-corrected chi connectivity index (χ0v) is 6.17. The molecule has 54 valence electrons. The molecule has 0 radical (unpaired) electrons. The first-order valence-corrected chi connectivity index (χ1v) is 3.59. The number of nitrogens with zero attached hydrogens (tertiary/aromatic N) is 1. The van der Waals surface area contributed by atoms with E-state index in [2.05, 4.69) is 18.7 Å². The highest BCUT2D eigenvalue weighted by Gasteiger charge is 2.23. The molecule has 1 saturated heterocycles. The van der Waals surface area contributed by atoms with Crippen LogP contribution in [0.1, 0.15) is 13.8 Å². The van der Waals surface area contributed by atoms with Crippen molar-refractivity contribution in [3.05, 3.63) is 0 Å². The highest BCUT2D eigenvalue weighted by atomic mass is 16.3. The predicted octanol–water partition coefficient (Wildman–Crippen LogP) is 0.319. The minimum Gasteiger partial charge on any atom is -0.390 e. The SMILES string of the molecule is CC(C)CN1CC(O)C1. The largest absolute Gasteiger partial charge is 0.390 e. The van der Waals surface area contributed by atoms with Crippen LogP contribution >= 0.6 is 0 Å². The Bertz CT molecular complexity index is 86.9. The van der Waals surface area contributed by atoms with Crippen LogP contribution in [0, 0.1) is 5.92 Å². The fraction of sp³-hybridized carbons (Fsp3) is 1.00. The number of aliphatic hydroxyl groups is 1. The van der Waals surface area contributed by atoms with Crippen molar-refractivity contribution in [3.63, 3.8) is 0 Å². The van der Waals surface area contributed by atoms with E-state index in [1.54, 1.807) is 0 Å². The lowest BCUT2D eigenvalue weighted by Gasteiger charge is -2.36. The third kappa shape index (κ3) is 1.95. The van der Waals surface area contributed by atoms with Crippen molar-refractivity contribution in [2.45, 2.75) is 20.0 Å². The summed E-state index contributed by atoms with van der Waals surface area (Å²) in [5, 5.41) is 8.89. The van der Waals surface area contributed by atoms with Gasteiger partial charge < -0.3 is 5.11 Å². The Labute approximate surface area is 56.5 Å². The number of hydrogen-bond acceptors (Lipinski definition) is 2. The highest BCUT2D eigenvalue weighted by molar-refractivity contribution is 4.78. The summed E-state index contributed by atoms with van der Waals surface area (Å²) in [4.78, 5) is 2.27. The van der Waals surface area contributed by atoms with Gasteiger partial charge in [-0.25, -0.2) is 0 Å². The fourth-order valence-corrected chi connectivity index (χ4v) is 1.21. The van der Waals surface area contributed by atoms with Crippen LogP contribution in [-0.2, 0) is 0 Å². The summed E-state index contributed by atoms with van der Waals surface area (Å²) in [6.07, 6.45) is -0.0382. The van der Waals surface area contributed by atoms with Crippen molar-refractivity contribution in [2.24, 2.45) is 5.92 Å². The molecule has 1 aliphatic heterocycles. The van der Waals surface area contributed by atoms with Crippen molar-refractivity contribution < 1.29 is 5.11 Å². The van der Waals surface area contributed by atoms with Crippen molar-refractivity contribution in [2.75, 3.05) is 19.6 Å². The van der Waals surface area contributed by atoms with Gasteiger partial charge in [0.15, 0.2) is 0 Å². The molecule has 0 spiro atoms. The summed E-state index contributed by atoms with van der Waals surface area (Å²) in [5.41, 5.74) is 0. The molecule has 9 heavy (non-hydrogen) atoms. The number of hydrogen-bond donors (Lipinski definition) is 1. The predicted molar refractivity (Wildman–Crippen MR) is 37.3 cm³/mol. The molecule has 1 N–H and O–H groups in total. The van der Waals surface area contributed by atoms with Gasteiger partial charge in [-0.3, -0.25) is 4.90 Å². The topological polar surface area (TPSA) is 23.5 Å². The van der Waals surface area contributed by atoms with E-state index in [0.29, 0.717) is 0 Å². The van der Waals surface area contributed by atoms with Crippen LogP contribution in [0.4, 0.5) is 0 Å². The van der Waals surface area contributed by atoms with E-state index in [1.807, 2.05) is 0 Å². The van der Waals surface area contributed by atoms with Crippen LogP contribution in [0.5, 0.6) is 0 Å². The Balaban J connectivity index is 2.04. The van der Waals surface area contributed by atoms with E-state index in [-0.39, 0.29) is 6.10 Å². The molecule has 0 aliphatic carbocycles. The average Bonchev–Trinajstić information content (AvgIpc) is 1.60. The van der Waals surface area contributed by atoms with Gasteiger partial charge >= 0.3 is 0 Å². The zero-order valence-electron chi connectivity index (χ0n) is 6.17. The summed E-state index contributed by atoms with van der Waals surface area (Å²) in [5.74, 6) is 0.734. The number of likely N-dealkylation sites (tertiary alicyclic amines) is 1. The minimum absolute atomic E-state index is 0.0382. The van der Waals surface area contributed by atoms with E-state index < -0.39 is 0 Å². The quantitative estimate of drug-likeness (QED) is 0.580. The summed E-state index contributed by atoms with van der Waals surface area (Å²) < 4.78 is 0. The fourth-order valence-electron chi connectivity index (χ4n) is 1.21. The van der Waals surface area contributed by atoms with Crippen LogP contribution in [0.15, 0.2) is 0 Å². The first-order chi connectivity index (χ1) is 4.18. The van der Waals surface area contributed by atoms with E-state index in [4.69, 9.17) is 5.11 Å². The maximum atomic E-state index is 8.89. The maximum Gasteiger partial charge on any atom is 0.0793 e. The van der Waals surface area contributed by atoms with Crippen LogP contribution < -0.4 is 0 Å². The number of aliphatic hydroxyl groups excluding tert-OH is 1. The molecule has 0 bridgehead atoms. The highest BCUT2D eigenvalue weighted by Crippen LogP contribution is 2.09. The Morgan fingerprint density at radius 1 is 1.56 bits per heavy atom. The second-order valence-electron chi connectivity index (χ2n) is 3.27. The standard InChI is InChI=1S/C7H15NO/c1-6(2)3-8-4-7(9)5-8/h6-7,9H,3-5H2,1-2H3. The summed E-state index contributed by atoms with van der Waals surface area (Å²) in [6, 6.07) is 0. The van der Waals surface area contributed by atoms with Gasteiger partial charge in [0.25, 0.3) is 0 Å². The van der Waals surface area contributed by atoms with Gasteiger partial charge in [-0.05, 0) is 5.92 Å². The molecule has 0 amide bonds. The number of rotatable bonds is 2. The Hall–Kier alpha value is -0.0800. The van der Waals surface area contributed by atoms with Gasteiger partial charge in [-0.2, -0.15) is 0 Å². The van der Waals surface area contributed by atoms with Crippen molar-refractivity contribution in [1.29, 1.82) is 0 Å². The molecular weight excluding hydrogens is 114 g/mol. The van der Waals surface area contributed by atoms with Crippen molar-refractivity contribution in [1.82, 2.24) is 4.90 Å². The average molecular weight is 129 g/mol. The van der Waals surface area contributed by atoms with Crippen molar-refractivity contribution in [3.8, 4) is 0 Å². The van der Waals surface area contributed by atoms with E-state index >= 15 is 0 Å². The molecule has 0 saturated carbocycles. The van der Waals surface area contributed by atoms with Crippen LogP contribution in [0.3, 0.4) is 0 Å². The third-order valence-corrected chi connectivity index (χ3v) is 1.56. The second-order valence-corrected chi connectivity index (χ2v) is 3.27. The summed E-state index contributed by atoms with van der Waals surface area (Å²) in [7, 11) is 0. The van der Waals surface area contributed by atoms with Crippen molar-refractivity contribution >= 4 is 0 Å². The molecule has 0 atom stereocenters. The van der Waals surface area contributed by atoms with Crippen LogP contribution in [0.2, 0.25) is 0 Å². The molecule has 0 unspecified atom stereocenters. The maximum absolute atomic E-state index is 8.89. The number of β-amino-alcohol motifs (C(OH)–C–C–N with tert-alkyl or cyclic N) is 1. The first kappa shape index (κ1) is 7.03. The molecule has 1 fully saturated rings. The van der Waals surface area contributed by atoms with Gasteiger partial charge in [-0.15, -0.1) is 0 Å². The Morgan fingerprint density at radius 3 is 2.44 bits per heavy atom. The van der Waals surface area contributed by atoms with Gasteiger partial charge in [0, 0.05) is 19.6 Å². The van der Waals surface area contributed by atoms with Gasteiger partial charge in [0.2, 0.25) is 0 Å². The van der Waals surface area contributed by atoms with E-state index in [0.717, 1.165) is 25.6 Å². The molecule has 2 heteroatoms. The minimum atomic E-state index is -0.0382. The van der Waals surface area contributed by atoms with E-state index in [9.17, 15) is 0 Å². The lowest BCUT2D eigenvalue weighted by atomic mass is 10.1. The summed E-state index contributed by atoms with van der Waals surface area (Å²) >= 11 is 0. The molecule has 1 rings (SSSR count). The third-order valence-electron chi connectivity index (χ3n) is 1.56. The molecule has 0 aromatic carbocycles. The Morgan fingerprint density at radius 2 is 2.11 bits per heavy atom. The molecule has 1 aliphatic rings. The van der Waals surface area contributed by atoms with Gasteiger partial charge in [0.05, 0.1) is 6.10 Å². The monoisotopic (exact) mass is 129 g/mol. The molecule has 2 nitrogen and oxygen atoms in total. The molecule has 1 heterocycles. The summed E-state index contributed by atoms with van der Waals surface area (Å²) in [6.45, 7) is 7.31. The lowest BCUT2D eigenvalue weighted by molar-refractivity contribution is -0.00389. The van der Waals surface area contributed by atoms with Crippen LogP contribution in [-0.4, -0.2) is 35.7 Å². The zero-order chi connectivity index (χ0) is 6.85. The van der Waals surface area contributed by atoms with Crippen LogP contribution in [0.25, 0.3) is 0 Å². The normalized spacial score (nSPS) is 22.7. The second kappa shape index (κ2) is 2.67. The Kier molecular flexibility index (Phi) is 2.09. The molecule has 0 aromatic rings. The van der Waals surface area contributed by atoms with Gasteiger partial charge in [0.1, 0.15) is 0 Å².